The van der Waals surface area contributed by atoms with Gasteiger partial charge >= 0.3 is 6.61 Å². The molecule has 20 heavy (non-hydrogen) atoms. The van der Waals surface area contributed by atoms with E-state index in [9.17, 15) is 8.78 Å². The fraction of sp³-hybridized carbons (Fsp3) is 0.467. The first-order chi connectivity index (χ1) is 9.56. The lowest BCUT2D eigenvalue weighted by Gasteiger charge is -2.11. The van der Waals surface area contributed by atoms with Crippen LogP contribution in [0.5, 0.6) is 11.5 Å². The first-order valence-electron chi connectivity index (χ1n) is 6.61. The summed E-state index contributed by atoms with van der Waals surface area (Å²) in [5.41, 5.74) is 0.784. The molecule has 1 aromatic rings. The van der Waals surface area contributed by atoms with Crippen molar-refractivity contribution in [3.8, 4) is 11.5 Å². The Kier molecular flexibility index (Phi) is 7.01. The molecule has 1 unspecified atom stereocenters. The third-order valence-electron chi connectivity index (χ3n) is 2.70. The molecule has 0 fully saturated rings. The zero-order chi connectivity index (χ0) is 15.0. The average Bonchev–Trinajstić information content (AvgIpc) is 2.42. The van der Waals surface area contributed by atoms with Crippen molar-refractivity contribution < 1.29 is 18.3 Å². The van der Waals surface area contributed by atoms with Gasteiger partial charge in [0.15, 0.2) is 11.5 Å². The van der Waals surface area contributed by atoms with Gasteiger partial charge in [-0.05, 0) is 37.6 Å². The van der Waals surface area contributed by atoms with Crippen LogP contribution in [0, 0.1) is 0 Å². The molecule has 5 heteroatoms. The first kappa shape index (κ1) is 16.4. The highest BCUT2D eigenvalue weighted by Crippen LogP contribution is 2.29. The van der Waals surface area contributed by atoms with E-state index in [1.54, 1.807) is 12.1 Å². The largest absolute Gasteiger partial charge is 0.493 e. The van der Waals surface area contributed by atoms with Crippen molar-refractivity contribution in [3.63, 3.8) is 0 Å². The lowest BCUT2D eigenvalue weighted by molar-refractivity contribution is -0.0512. The van der Waals surface area contributed by atoms with Gasteiger partial charge in [0, 0.05) is 6.04 Å². The number of ether oxygens (including phenoxy) is 2. The molecule has 0 saturated heterocycles. The summed E-state index contributed by atoms with van der Waals surface area (Å²) in [6.07, 6.45) is 4.90. The minimum Gasteiger partial charge on any atom is -0.493 e. The van der Waals surface area contributed by atoms with E-state index < -0.39 is 6.61 Å². The third-order valence-corrected chi connectivity index (χ3v) is 2.70. The van der Waals surface area contributed by atoms with E-state index in [0.717, 1.165) is 18.5 Å². The molecule has 1 N–H and O–H groups in total. The number of hydrogen-bond donors (Lipinski definition) is 1. The van der Waals surface area contributed by atoms with Crippen molar-refractivity contribution in [2.75, 3.05) is 13.7 Å². The number of methoxy groups -OCH3 is 1. The van der Waals surface area contributed by atoms with Crippen LogP contribution in [0.3, 0.4) is 0 Å². The van der Waals surface area contributed by atoms with Gasteiger partial charge < -0.3 is 14.8 Å². The second kappa shape index (κ2) is 8.53. The van der Waals surface area contributed by atoms with Crippen LogP contribution >= 0.6 is 0 Å². The molecule has 0 radical (unpaired) electrons. The molecule has 0 aliphatic carbocycles. The Hall–Kier alpha value is -1.62. The molecule has 0 amide bonds. The molecule has 1 atom stereocenters. The quantitative estimate of drug-likeness (QED) is 0.790. The van der Waals surface area contributed by atoms with Gasteiger partial charge in [0.25, 0.3) is 0 Å². The van der Waals surface area contributed by atoms with Crippen molar-refractivity contribution in [1.29, 1.82) is 0 Å². The summed E-state index contributed by atoms with van der Waals surface area (Å²) in [5, 5.41) is 3.31. The molecule has 0 bridgehead atoms. The van der Waals surface area contributed by atoms with E-state index in [2.05, 4.69) is 17.0 Å². The predicted octanol–water partition coefficient (Wildman–Crippen LogP) is 3.70. The Balaban J connectivity index is 2.78. The van der Waals surface area contributed by atoms with Gasteiger partial charge in [-0.25, -0.2) is 0 Å². The van der Waals surface area contributed by atoms with Crippen LogP contribution in [-0.4, -0.2) is 26.3 Å². The third kappa shape index (κ3) is 5.57. The number of halogens is 2. The lowest BCUT2D eigenvalue weighted by Crippen LogP contribution is -2.24. The number of nitrogens with one attached hydrogen (secondary N) is 1. The number of hydrogen-bond acceptors (Lipinski definition) is 3. The van der Waals surface area contributed by atoms with E-state index in [0.29, 0.717) is 5.75 Å². The Morgan fingerprint density at radius 3 is 2.65 bits per heavy atom. The zero-order valence-electron chi connectivity index (χ0n) is 12.0. The molecule has 0 spiro atoms. The molecule has 1 aromatic carbocycles. The average molecular weight is 285 g/mol. The van der Waals surface area contributed by atoms with Crippen LogP contribution in [-0.2, 0) is 0 Å². The predicted molar refractivity (Wildman–Crippen MR) is 76.4 cm³/mol. The topological polar surface area (TPSA) is 30.5 Å². The Labute approximate surface area is 118 Å². The zero-order valence-corrected chi connectivity index (χ0v) is 12.0. The van der Waals surface area contributed by atoms with E-state index in [1.165, 1.54) is 13.2 Å². The maximum absolute atomic E-state index is 12.3. The fourth-order valence-electron chi connectivity index (χ4n) is 1.68. The molecule has 0 aliphatic rings. The first-order valence-corrected chi connectivity index (χ1v) is 6.61. The van der Waals surface area contributed by atoms with Gasteiger partial charge in [-0.3, -0.25) is 0 Å². The van der Waals surface area contributed by atoms with Crippen LogP contribution < -0.4 is 14.8 Å². The van der Waals surface area contributed by atoms with E-state index in [1.807, 2.05) is 19.1 Å². The molecule has 0 aliphatic heterocycles. The van der Waals surface area contributed by atoms with Crippen LogP contribution in [0.25, 0.3) is 6.08 Å². The van der Waals surface area contributed by atoms with Crippen molar-refractivity contribution in [3.05, 3.63) is 29.8 Å². The van der Waals surface area contributed by atoms with Crippen LogP contribution in [0.4, 0.5) is 8.78 Å². The van der Waals surface area contributed by atoms with Crippen molar-refractivity contribution in [1.82, 2.24) is 5.32 Å². The summed E-state index contributed by atoms with van der Waals surface area (Å²) in [7, 11) is 1.42. The van der Waals surface area contributed by atoms with Crippen LogP contribution in [0.15, 0.2) is 24.3 Å². The summed E-state index contributed by atoms with van der Waals surface area (Å²) >= 11 is 0. The Morgan fingerprint density at radius 2 is 2.05 bits per heavy atom. The summed E-state index contributed by atoms with van der Waals surface area (Å²) < 4.78 is 34.1. The van der Waals surface area contributed by atoms with E-state index in [-0.39, 0.29) is 11.8 Å². The molecule has 112 valence electrons. The van der Waals surface area contributed by atoms with Crippen LogP contribution in [0.2, 0.25) is 0 Å². The Bertz CT molecular complexity index is 436. The van der Waals surface area contributed by atoms with Gasteiger partial charge in [0.1, 0.15) is 0 Å². The summed E-state index contributed by atoms with van der Waals surface area (Å²) in [6.45, 7) is 2.20. The number of benzene rings is 1. The van der Waals surface area contributed by atoms with Crippen LogP contribution in [0.1, 0.15) is 25.8 Å². The van der Waals surface area contributed by atoms with Crippen molar-refractivity contribution >= 4 is 6.08 Å². The minimum atomic E-state index is -2.87. The Morgan fingerprint density at radius 1 is 1.30 bits per heavy atom. The maximum atomic E-state index is 12.3. The molecular formula is C15H21F2NO2. The van der Waals surface area contributed by atoms with E-state index >= 15 is 0 Å². The highest BCUT2D eigenvalue weighted by atomic mass is 19.3. The summed E-state index contributed by atoms with van der Waals surface area (Å²) in [5.74, 6) is 0.332. The number of alkyl halides is 2. The molecule has 0 saturated carbocycles. The highest BCUT2D eigenvalue weighted by Gasteiger charge is 2.10. The molecular weight excluding hydrogens is 264 g/mol. The normalized spacial score (nSPS) is 12.9. The molecule has 1 rings (SSSR count). The van der Waals surface area contributed by atoms with Gasteiger partial charge in [-0.1, -0.05) is 25.1 Å². The highest BCUT2D eigenvalue weighted by molar-refractivity contribution is 5.56. The van der Waals surface area contributed by atoms with Gasteiger partial charge in [-0.2, -0.15) is 8.78 Å². The summed E-state index contributed by atoms with van der Waals surface area (Å²) in [4.78, 5) is 0. The smallest absolute Gasteiger partial charge is 0.387 e. The van der Waals surface area contributed by atoms with Gasteiger partial charge in [0.2, 0.25) is 0 Å². The second-order valence-electron chi connectivity index (χ2n) is 4.39. The number of rotatable bonds is 8. The maximum Gasteiger partial charge on any atom is 0.387 e. The fourth-order valence-corrected chi connectivity index (χ4v) is 1.68. The lowest BCUT2D eigenvalue weighted by atomic mass is 10.1. The SMILES string of the molecule is CCCNC(C)/C=C/c1ccc(OC)c(OC(F)F)c1. The minimum absolute atomic E-state index is 0.0406. The van der Waals surface area contributed by atoms with Crippen molar-refractivity contribution in [2.24, 2.45) is 0 Å². The van der Waals surface area contributed by atoms with Gasteiger partial charge in [-0.15, -0.1) is 0 Å². The van der Waals surface area contributed by atoms with E-state index in [4.69, 9.17) is 4.74 Å². The molecule has 0 heterocycles. The van der Waals surface area contributed by atoms with Crippen molar-refractivity contribution in [2.45, 2.75) is 32.9 Å². The summed E-state index contributed by atoms with van der Waals surface area (Å²) in [6, 6.07) is 5.16. The second-order valence-corrected chi connectivity index (χ2v) is 4.39. The standard InChI is InChI=1S/C15H21F2NO2/c1-4-9-18-11(2)5-6-12-7-8-13(19-3)14(10-12)20-15(16)17/h5-8,10-11,15,18H,4,9H2,1-3H3/b6-5+. The van der Waals surface area contributed by atoms with Gasteiger partial charge in [0.05, 0.1) is 7.11 Å². The molecule has 0 aromatic heterocycles. The monoisotopic (exact) mass is 285 g/mol. The molecule has 3 nitrogen and oxygen atoms in total.